The SMILES string of the molecule is CN(CC1CCOCC1)C(=O)c1cccc(C#CCO)c1. The molecule has 1 amide bonds. The summed E-state index contributed by atoms with van der Waals surface area (Å²) in [5.41, 5.74) is 1.38. The maximum absolute atomic E-state index is 12.4. The highest BCUT2D eigenvalue weighted by atomic mass is 16.5. The van der Waals surface area contributed by atoms with Crippen LogP contribution >= 0.6 is 0 Å². The number of aliphatic hydroxyl groups is 1. The van der Waals surface area contributed by atoms with E-state index in [1.165, 1.54) is 0 Å². The van der Waals surface area contributed by atoms with E-state index in [2.05, 4.69) is 11.8 Å². The molecule has 0 bridgehead atoms. The average Bonchev–Trinajstić information content (AvgIpc) is 2.53. The largest absolute Gasteiger partial charge is 0.384 e. The zero-order chi connectivity index (χ0) is 15.1. The molecule has 1 N–H and O–H groups in total. The third-order valence-electron chi connectivity index (χ3n) is 3.64. The Labute approximate surface area is 125 Å². The molecule has 1 aromatic rings. The van der Waals surface area contributed by atoms with Crippen molar-refractivity contribution in [2.24, 2.45) is 5.92 Å². The summed E-state index contributed by atoms with van der Waals surface area (Å²) in [5.74, 6) is 5.94. The van der Waals surface area contributed by atoms with Crippen LogP contribution in [0.15, 0.2) is 24.3 Å². The van der Waals surface area contributed by atoms with Gasteiger partial charge in [0.25, 0.3) is 5.91 Å². The predicted molar refractivity (Wildman–Crippen MR) is 80.9 cm³/mol. The van der Waals surface area contributed by atoms with E-state index in [1.54, 1.807) is 17.0 Å². The summed E-state index contributed by atoms with van der Waals surface area (Å²) in [4.78, 5) is 14.2. The van der Waals surface area contributed by atoms with Gasteiger partial charge in [0.2, 0.25) is 0 Å². The Morgan fingerprint density at radius 1 is 1.43 bits per heavy atom. The Morgan fingerprint density at radius 3 is 2.90 bits per heavy atom. The summed E-state index contributed by atoms with van der Waals surface area (Å²) in [7, 11) is 1.84. The van der Waals surface area contributed by atoms with Gasteiger partial charge in [-0.1, -0.05) is 17.9 Å². The van der Waals surface area contributed by atoms with Crippen LogP contribution in [0.25, 0.3) is 0 Å². The van der Waals surface area contributed by atoms with E-state index in [4.69, 9.17) is 9.84 Å². The Balaban J connectivity index is 2.01. The summed E-state index contributed by atoms with van der Waals surface area (Å²) in [5, 5.41) is 8.72. The highest BCUT2D eigenvalue weighted by Gasteiger charge is 2.19. The summed E-state index contributed by atoms with van der Waals surface area (Å²) in [6, 6.07) is 7.22. The molecular weight excluding hydrogens is 266 g/mol. The van der Waals surface area contributed by atoms with Gasteiger partial charge in [-0.25, -0.2) is 0 Å². The van der Waals surface area contributed by atoms with Crippen molar-refractivity contribution in [2.45, 2.75) is 12.8 Å². The molecule has 1 fully saturated rings. The second-order valence-electron chi connectivity index (χ2n) is 5.28. The maximum Gasteiger partial charge on any atom is 0.253 e. The zero-order valence-electron chi connectivity index (χ0n) is 12.3. The fraction of sp³-hybridized carbons (Fsp3) is 0.471. The number of benzene rings is 1. The van der Waals surface area contributed by atoms with Gasteiger partial charge in [-0.05, 0) is 37.0 Å². The lowest BCUT2D eigenvalue weighted by Gasteiger charge is -2.27. The van der Waals surface area contributed by atoms with Gasteiger partial charge < -0.3 is 14.7 Å². The summed E-state index contributed by atoms with van der Waals surface area (Å²) in [6.07, 6.45) is 2.03. The van der Waals surface area contributed by atoms with E-state index in [0.717, 1.165) is 38.2 Å². The second-order valence-corrected chi connectivity index (χ2v) is 5.28. The number of aliphatic hydroxyl groups excluding tert-OH is 1. The molecule has 0 spiro atoms. The Morgan fingerprint density at radius 2 is 2.19 bits per heavy atom. The number of carbonyl (C=O) groups excluding carboxylic acids is 1. The minimum atomic E-state index is -0.179. The van der Waals surface area contributed by atoms with Gasteiger partial charge in [0.05, 0.1) is 0 Å². The van der Waals surface area contributed by atoms with Gasteiger partial charge in [-0.3, -0.25) is 4.79 Å². The molecule has 0 saturated carbocycles. The van der Waals surface area contributed by atoms with Crippen molar-refractivity contribution in [3.05, 3.63) is 35.4 Å². The van der Waals surface area contributed by atoms with Crippen LogP contribution < -0.4 is 0 Å². The molecule has 21 heavy (non-hydrogen) atoms. The average molecular weight is 287 g/mol. The van der Waals surface area contributed by atoms with Gasteiger partial charge in [0, 0.05) is 37.9 Å². The third kappa shape index (κ3) is 4.59. The zero-order valence-corrected chi connectivity index (χ0v) is 12.3. The Bertz CT molecular complexity index is 538. The van der Waals surface area contributed by atoms with E-state index < -0.39 is 0 Å². The standard InChI is InChI=1S/C17H21NO3/c1-18(13-15-7-10-21-11-8-15)17(20)16-6-2-4-14(12-16)5-3-9-19/h2,4,6,12,15,19H,7-11,13H2,1H3. The molecule has 4 nitrogen and oxygen atoms in total. The van der Waals surface area contributed by atoms with Crippen LogP contribution in [-0.4, -0.2) is 49.3 Å². The number of hydrogen-bond donors (Lipinski definition) is 1. The van der Waals surface area contributed by atoms with Crippen molar-refractivity contribution in [1.29, 1.82) is 0 Å². The number of carbonyl (C=O) groups is 1. The number of hydrogen-bond acceptors (Lipinski definition) is 3. The molecule has 1 aromatic carbocycles. The van der Waals surface area contributed by atoms with Gasteiger partial charge in [0.1, 0.15) is 6.61 Å². The Kier molecular flexibility index (Phi) is 5.79. The van der Waals surface area contributed by atoms with Crippen molar-refractivity contribution >= 4 is 5.91 Å². The van der Waals surface area contributed by atoms with Crippen molar-refractivity contribution in [2.75, 3.05) is 33.4 Å². The molecule has 1 heterocycles. The van der Waals surface area contributed by atoms with Gasteiger partial charge >= 0.3 is 0 Å². The number of rotatable bonds is 3. The number of ether oxygens (including phenoxy) is 1. The topological polar surface area (TPSA) is 49.8 Å². The molecule has 2 rings (SSSR count). The first kappa shape index (κ1) is 15.6. The molecular formula is C17H21NO3. The van der Waals surface area contributed by atoms with Crippen LogP contribution in [0.5, 0.6) is 0 Å². The van der Waals surface area contributed by atoms with Crippen molar-refractivity contribution < 1.29 is 14.6 Å². The minimum Gasteiger partial charge on any atom is -0.384 e. The van der Waals surface area contributed by atoms with E-state index in [9.17, 15) is 4.79 Å². The normalized spacial score (nSPS) is 15.1. The fourth-order valence-electron chi connectivity index (χ4n) is 2.49. The van der Waals surface area contributed by atoms with Crippen molar-refractivity contribution in [3.8, 4) is 11.8 Å². The highest BCUT2D eigenvalue weighted by molar-refractivity contribution is 5.94. The second kappa shape index (κ2) is 7.82. The van der Waals surface area contributed by atoms with Crippen LogP contribution in [0, 0.1) is 17.8 Å². The van der Waals surface area contributed by atoms with E-state index >= 15 is 0 Å². The van der Waals surface area contributed by atoms with Crippen LogP contribution in [0.1, 0.15) is 28.8 Å². The quantitative estimate of drug-likeness (QED) is 0.858. The first-order chi connectivity index (χ1) is 10.2. The van der Waals surface area contributed by atoms with E-state index in [1.807, 2.05) is 19.2 Å². The summed E-state index contributed by atoms with van der Waals surface area (Å²) in [6.45, 7) is 2.16. The van der Waals surface area contributed by atoms with Gasteiger partial charge in [-0.2, -0.15) is 0 Å². The minimum absolute atomic E-state index is 0.00846. The van der Waals surface area contributed by atoms with Crippen molar-refractivity contribution in [3.63, 3.8) is 0 Å². The lowest BCUT2D eigenvalue weighted by atomic mass is 9.99. The molecule has 0 unspecified atom stereocenters. The fourth-order valence-corrected chi connectivity index (χ4v) is 2.49. The maximum atomic E-state index is 12.4. The molecule has 0 aromatic heterocycles. The third-order valence-corrected chi connectivity index (χ3v) is 3.64. The summed E-state index contributed by atoms with van der Waals surface area (Å²) < 4.78 is 5.34. The highest BCUT2D eigenvalue weighted by Crippen LogP contribution is 2.17. The van der Waals surface area contributed by atoms with Crippen LogP contribution in [0.2, 0.25) is 0 Å². The molecule has 0 radical (unpaired) electrons. The van der Waals surface area contributed by atoms with Crippen LogP contribution in [0.3, 0.4) is 0 Å². The van der Waals surface area contributed by atoms with Crippen LogP contribution in [0.4, 0.5) is 0 Å². The molecule has 1 saturated heterocycles. The molecule has 0 atom stereocenters. The molecule has 4 heteroatoms. The molecule has 112 valence electrons. The van der Waals surface area contributed by atoms with Gasteiger partial charge in [0.15, 0.2) is 0 Å². The lowest BCUT2D eigenvalue weighted by Crippen LogP contribution is -2.34. The Hall–Kier alpha value is -1.83. The lowest BCUT2D eigenvalue weighted by molar-refractivity contribution is 0.0497. The van der Waals surface area contributed by atoms with Crippen molar-refractivity contribution in [1.82, 2.24) is 4.90 Å². The smallest absolute Gasteiger partial charge is 0.253 e. The van der Waals surface area contributed by atoms with E-state index in [0.29, 0.717) is 11.5 Å². The van der Waals surface area contributed by atoms with Gasteiger partial charge in [-0.15, -0.1) is 0 Å². The first-order valence-corrected chi connectivity index (χ1v) is 7.23. The molecule has 0 aliphatic carbocycles. The summed E-state index contributed by atoms with van der Waals surface area (Å²) >= 11 is 0. The molecule has 1 aliphatic rings. The van der Waals surface area contributed by atoms with E-state index in [-0.39, 0.29) is 12.5 Å². The van der Waals surface area contributed by atoms with Crippen LogP contribution in [-0.2, 0) is 4.74 Å². The predicted octanol–water partition coefficient (Wildman–Crippen LogP) is 1.53. The number of amides is 1. The number of nitrogens with zero attached hydrogens (tertiary/aromatic N) is 1. The first-order valence-electron chi connectivity index (χ1n) is 7.23. The monoisotopic (exact) mass is 287 g/mol. The molecule has 1 aliphatic heterocycles.